The summed E-state index contributed by atoms with van der Waals surface area (Å²) in [5.74, 6) is -1.36. The Morgan fingerprint density at radius 2 is 1.59 bits per heavy atom. The van der Waals surface area contributed by atoms with E-state index in [2.05, 4.69) is 0 Å². The van der Waals surface area contributed by atoms with Crippen molar-refractivity contribution in [1.82, 2.24) is 0 Å². The third-order valence-corrected chi connectivity index (χ3v) is 7.89. The minimum Gasteiger partial charge on any atom is -0.294 e. The topological polar surface area (TPSA) is 54.5 Å². The molecule has 0 aromatic heterocycles. The van der Waals surface area contributed by atoms with E-state index in [1.807, 2.05) is 6.92 Å². The van der Waals surface area contributed by atoms with E-state index in [0.29, 0.717) is 16.7 Å². The summed E-state index contributed by atoms with van der Waals surface area (Å²) < 4.78 is 69.3. The van der Waals surface area contributed by atoms with Gasteiger partial charge < -0.3 is 0 Å². The van der Waals surface area contributed by atoms with E-state index in [1.165, 1.54) is 18.2 Å². The standard InChI is InChI=1S/C26H24F3NO3S/c1-18-10-12-21(13-11-18)34(32,33)30-15-14-25(31)23-8-3-2-6-19(23)16-20(17-26(27,28)29)22-7-4-5-9-24(22)30/h2-13,20H,14-17H2,1H3. The highest BCUT2D eigenvalue weighted by Crippen LogP contribution is 2.40. The van der Waals surface area contributed by atoms with Gasteiger partial charge in [0.2, 0.25) is 0 Å². The Hall–Kier alpha value is -3.13. The Morgan fingerprint density at radius 1 is 0.941 bits per heavy atom. The lowest BCUT2D eigenvalue weighted by Crippen LogP contribution is -2.35. The summed E-state index contributed by atoms with van der Waals surface area (Å²) in [6.07, 6.45) is -5.73. The average Bonchev–Trinajstić information content (AvgIpc) is 2.78. The van der Waals surface area contributed by atoms with Gasteiger partial charge in [0.25, 0.3) is 10.0 Å². The molecule has 3 aromatic carbocycles. The second kappa shape index (κ2) is 9.25. The zero-order valence-corrected chi connectivity index (χ0v) is 19.4. The Bertz CT molecular complexity index is 1300. The molecule has 34 heavy (non-hydrogen) atoms. The zero-order valence-electron chi connectivity index (χ0n) is 18.5. The number of hydrogen-bond donors (Lipinski definition) is 0. The van der Waals surface area contributed by atoms with Crippen LogP contribution in [-0.4, -0.2) is 26.9 Å². The summed E-state index contributed by atoms with van der Waals surface area (Å²) in [7, 11) is -4.13. The number of benzene rings is 3. The number of Topliss-reactive ketones (excluding diaryl/α,β-unsaturated/α-hetero) is 1. The molecule has 178 valence electrons. The zero-order chi connectivity index (χ0) is 24.5. The summed E-state index contributed by atoms with van der Waals surface area (Å²) in [4.78, 5) is 13.1. The molecule has 1 aliphatic heterocycles. The number of para-hydroxylation sites is 1. The van der Waals surface area contributed by atoms with Gasteiger partial charge in [-0.05, 0) is 48.6 Å². The van der Waals surface area contributed by atoms with Crippen LogP contribution in [0.1, 0.15) is 45.8 Å². The maximum absolute atomic E-state index is 13.7. The van der Waals surface area contributed by atoms with Gasteiger partial charge in [0.05, 0.1) is 17.0 Å². The fraction of sp³-hybridized carbons (Fsp3) is 0.269. The van der Waals surface area contributed by atoms with Gasteiger partial charge in [-0.1, -0.05) is 60.2 Å². The van der Waals surface area contributed by atoms with E-state index in [0.717, 1.165) is 9.87 Å². The van der Waals surface area contributed by atoms with Gasteiger partial charge in [-0.15, -0.1) is 0 Å². The second-order valence-electron chi connectivity index (χ2n) is 8.50. The fourth-order valence-corrected chi connectivity index (χ4v) is 5.90. The lowest BCUT2D eigenvalue weighted by molar-refractivity contribution is -0.138. The number of sulfonamides is 1. The van der Waals surface area contributed by atoms with Crippen molar-refractivity contribution >= 4 is 21.5 Å². The maximum atomic E-state index is 13.7. The highest BCUT2D eigenvalue weighted by Gasteiger charge is 2.37. The van der Waals surface area contributed by atoms with E-state index in [4.69, 9.17) is 0 Å². The minimum absolute atomic E-state index is 0.0187. The lowest BCUT2D eigenvalue weighted by Gasteiger charge is -2.31. The van der Waals surface area contributed by atoms with Gasteiger partial charge >= 0.3 is 6.18 Å². The summed E-state index contributed by atoms with van der Waals surface area (Å²) in [5.41, 5.74) is 2.20. The summed E-state index contributed by atoms with van der Waals surface area (Å²) in [5, 5.41) is 0. The summed E-state index contributed by atoms with van der Waals surface area (Å²) in [6, 6.07) is 19.2. The van der Waals surface area contributed by atoms with E-state index in [1.54, 1.807) is 54.6 Å². The van der Waals surface area contributed by atoms with Crippen LogP contribution in [0.5, 0.6) is 0 Å². The van der Waals surface area contributed by atoms with E-state index in [-0.39, 0.29) is 35.8 Å². The SMILES string of the molecule is Cc1ccc(S(=O)(=O)N2CCC(=O)c3ccccc3CC(CC(F)(F)F)c3ccccc32)cc1. The van der Waals surface area contributed by atoms with E-state index >= 15 is 0 Å². The Morgan fingerprint density at radius 3 is 2.29 bits per heavy atom. The van der Waals surface area contributed by atoms with Gasteiger partial charge in [0.1, 0.15) is 0 Å². The van der Waals surface area contributed by atoms with Crippen LogP contribution >= 0.6 is 0 Å². The Balaban J connectivity index is 1.90. The van der Waals surface area contributed by atoms with Crippen molar-refractivity contribution < 1.29 is 26.4 Å². The average molecular weight is 488 g/mol. The normalized spacial score (nSPS) is 17.1. The van der Waals surface area contributed by atoms with Crippen LogP contribution in [0.3, 0.4) is 0 Å². The third kappa shape index (κ3) is 5.01. The molecule has 0 bridgehead atoms. The predicted molar refractivity (Wildman–Crippen MR) is 125 cm³/mol. The smallest absolute Gasteiger partial charge is 0.294 e. The highest BCUT2D eigenvalue weighted by molar-refractivity contribution is 7.92. The summed E-state index contributed by atoms with van der Waals surface area (Å²) >= 11 is 0. The molecule has 0 aliphatic carbocycles. The molecule has 1 aliphatic rings. The van der Waals surface area contributed by atoms with Crippen LogP contribution in [0.25, 0.3) is 0 Å². The molecule has 1 heterocycles. The van der Waals surface area contributed by atoms with Gasteiger partial charge in [0, 0.05) is 18.5 Å². The number of carbonyl (C=O) groups excluding carboxylic acids is 1. The number of halogens is 3. The second-order valence-corrected chi connectivity index (χ2v) is 10.4. The number of ketones is 1. The number of nitrogens with zero attached hydrogens (tertiary/aromatic N) is 1. The van der Waals surface area contributed by atoms with Crippen molar-refractivity contribution in [2.24, 2.45) is 0 Å². The largest absolute Gasteiger partial charge is 0.389 e. The first-order valence-electron chi connectivity index (χ1n) is 10.9. The van der Waals surface area contributed by atoms with E-state index in [9.17, 15) is 26.4 Å². The number of fused-ring (bicyclic) bond motifs is 2. The minimum atomic E-state index is -4.47. The van der Waals surface area contributed by atoms with E-state index < -0.39 is 28.5 Å². The molecule has 0 amide bonds. The molecule has 3 aromatic rings. The first-order valence-corrected chi connectivity index (χ1v) is 12.4. The molecule has 0 saturated heterocycles. The number of hydrogen-bond acceptors (Lipinski definition) is 3. The van der Waals surface area contributed by atoms with Crippen molar-refractivity contribution in [3.05, 3.63) is 95.1 Å². The molecule has 0 radical (unpaired) electrons. The molecule has 4 rings (SSSR count). The van der Waals surface area contributed by atoms with Gasteiger partial charge in [-0.25, -0.2) is 8.42 Å². The van der Waals surface area contributed by atoms with Gasteiger partial charge in [0.15, 0.2) is 5.78 Å². The molecule has 1 unspecified atom stereocenters. The van der Waals surface area contributed by atoms with Crippen molar-refractivity contribution in [3.8, 4) is 0 Å². The Kier molecular flexibility index (Phi) is 6.53. The third-order valence-electron chi connectivity index (χ3n) is 6.06. The molecule has 4 nitrogen and oxygen atoms in total. The quantitative estimate of drug-likeness (QED) is 0.452. The van der Waals surface area contributed by atoms with Crippen LogP contribution in [-0.2, 0) is 16.4 Å². The van der Waals surface area contributed by atoms with Crippen LogP contribution in [0, 0.1) is 6.92 Å². The van der Waals surface area contributed by atoms with Crippen LogP contribution in [0.4, 0.5) is 18.9 Å². The maximum Gasteiger partial charge on any atom is 0.389 e. The molecule has 1 atom stereocenters. The van der Waals surface area contributed by atoms with Crippen molar-refractivity contribution in [2.75, 3.05) is 10.8 Å². The molecule has 0 fully saturated rings. The molecule has 0 spiro atoms. The first kappa shape index (κ1) is 24.0. The van der Waals surface area contributed by atoms with Crippen molar-refractivity contribution in [1.29, 1.82) is 0 Å². The van der Waals surface area contributed by atoms with Crippen LogP contribution in [0.15, 0.2) is 77.7 Å². The number of alkyl halides is 3. The highest BCUT2D eigenvalue weighted by atomic mass is 32.2. The number of carbonyl (C=O) groups is 1. The first-order chi connectivity index (χ1) is 16.1. The summed E-state index contributed by atoms with van der Waals surface area (Å²) in [6.45, 7) is 1.65. The van der Waals surface area contributed by atoms with Crippen molar-refractivity contribution in [2.45, 2.75) is 43.2 Å². The fourth-order valence-electron chi connectivity index (χ4n) is 4.41. The number of anilines is 1. The van der Waals surface area contributed by atoms with Gasteiger partial charge in [-0.2, -0.15) is 13.2 Å². The molecule has 0 N–H and O–H groups in total. The number of rotatable bonds is 3. The molecule has 8 heteroatoms. The van der Waals surface area contributed by atoms with Crippen LogP contribution in [0.2, 0.25) is 0 Å². The number of aryl methyl sites for hydroxylation is 1. The van der Waals surface area contributed by atoms with Crippen molar-refractivity contribution in [3.63, 3.8) is 0 Å². The lowest BCUT2D eigenvalue weighted by atomic mass is 9.85. The predicted octanol–water partition coefficient (Wildman–Crippen LogP) is 6.06. The molecular formula is C26H24F3NO3S. The van der Waals surface area contributed by atoms with Gasteiger partial charge in [-0.3, -0.25) is 9.10 Å². The van der Waals surface area contributed by atoms with Crippen LogP contribution < -0.4 is 4.31 Å². The Labute approximate surface area is 197 Å². The molecular weight excluding hydrogens is 463 g/mol. The monoisotopic (exact) mass is 487 g/mol. The molecule has 0 saturated carbocycles.